The summed E-state index contributed by atoms with van der Waals surface area (Å²) in [6.07, 6.45) is 2.90. The molecule has 0 atom stereocenters. The molecule has 0 bridgehead atoms. The Balaban J connectivity index is 2.34. The number of carbonyl (C=O) groups excluding carboxylic acids is 1. The van der Waals surface area contributed by atoms with Gasteiger partial charge in [-0.25, -0.2) is 0 Å². The highest BCUT2D eigenvalue weighted by Crippen LogP contribution is 2.45. The molecule has 0 radical (unpaired) electrons. The first-order valence-corrected chi connectivity index (χ1v) is 10.2. The largest absolute Gasteiger partial charge is 0.405 e. The highest BCUT2D eigenvalue weighted by molar-refractivity contribution is 7.74. The lowest BCUT2D eigenvalue weighted by Crippen LogP contribution is -2.20. The van der Waals surface area contributed by atoms with Gasteiger partial charge in [-0.3, -0.25) is 9.36 Å². The molecule has 128 valence electrons. The summed E-state index contributed by atoms with van der Waals surface area (Å²) in [4.78, 5) is 12.2. The summed E-state index contributed by atoms with van der Waals surface area (Å²) in [6, 6.07) is 13.0. The second-order valence-corrected chi connectivity index (χ2v) is 8.62. The molecule has 0 unspecified atom stereocenters. The summed E-state index contributed by atoms with van der Waals surface area (Å²) in [6.45, 7) is 2.05. The van der Waals surface area contributed by atoms with Crippen LogP contribution in [-0.2, 0) is 13.9 Å². The first-order chi connectivity index (χ1) is 11.5. The summed E-state index contributed by atoms with van der Waals surface area (Å²) in [7, 11) is -3.54. The lowest BCUT2D eigenvalue weighted by atomic mass is 10.2. The van der Waals surface area contributed by atoms with Crippen molar-refractivity contribution in [3.63, 3.8) is 0 Å². The number of rotatable bonds is 7. The molecular formula is C18H19Cl2O3P. The van der Waals surface area contributed by atoms with Crippen LogP contribution in [0.4, 0.5) is 0 Å². The minimum absolute atomic E-state index is 0.249. The molecule has 6 heteroatoms. The van der Waals surface area contributed by atoms with Crippen LogP contribution in [0, 0.1) is 0 Å². The number of unbranched alkanes of at least 4 members (excludes halogenated alkanes) is 2. The van der Waals surface area contributed by atoms with Crippen LogP contribution in [0.1, 0.15) is 32.6 Å². The zero-order valence-corrected chi connectivity index (χ0v) is 15.8. The molecule has 3 nitrogen and oxygen atoms in total. The molecule has 0 aliphatic carbocycles. The van der Waals surface area contributed by atoms with E-state index in [4.69, 9.17) is 27.7 Å². The molecule has 2 aromatic rings. The van der Waals surface area contributed by atoms with E-state index in [1.165, 1.54) is 0 Å². The Morgan fingerprint density at radius 2 is 1.38 bits per heavy atom. The van der Waals surface area contributed by atoms with Gasteiger partial charge in [0, 0.05) is 16.5 Å². The normalized spacial score (nSPS) is 11.3. The molecule has 24 heavy (non-hydrogen) atoms. The Morgan fingerprint density at radius 1 is 0.917 bits per heavy atom. The molecule has 0 aromatic heterocycles. The van der Waals surface area contributed by atoms with Crippen LogP contribution in [0.25, 0.3) is 0 Å². The van der Waals surface area contributed by atoms with Crippen molar-refractivity contribution in [2.45, 2.75) is 32.6 Å². The Hall–Kier alpha value is -1.28. The predicted octanol–water partition coefficient (Wildman–Crippen LogP) is 5.35. The minimum Gasteiger partial charge on any atom is -0.405 e. The highest BCUT2D eigenvalue weighted by atomic mass is 35.5. The Labute approximate surface area is 152 Å². The molecule has 0 aliphatic rings. The molecule has 0 heterocycles. The topological polar surface area (TPSA) is 43.4 Å². The fraction of sp³-hybridized carbons (Fsp3) is 0.278. The van der Waals surface area contributed by atoms with Gasteiger partial charge >= 0.3 is 13.3 Å². The molecule has 0 saturated carbocycles. The van der Waals surface area contributed by atoms with Crippen LogP contribution in [0.5, 0.6) is 0 Å². The van der Waals surface area contributed by atoms with Crippen molar-refractivity contribution in [2.75, 3.05) is 0 Å². The van der Waals surface area contributed by atoms with Crippen molar-refractivity contribution < 1.29 is 13.9 Å². The van der Waals surface area contributed by atoms with E-state index >= 15 is 0 Å². The van der Waals surface area contributed by atoms with Crippen molar-refractivity contribution in [2.24, 2.45) is 0 Å². The van der Waals surface area contributed by atoms with Gasteiger partial charge in [-0.05, 0) is 55.0 Å². The second kappa shape index (κ2) is 8.71. The van der Waals surface area contributed by atoms with Crippen LogP contribution < -0.4 is 10.6 Å². The molecular weight excluding hydrogens is 366 g/mol. The average Bonchev–Trinajstić information content (AvgIpc) is 2.56. The summed E-state index contributed by atoms with van der Waals surface area (Å²) in [5.41, 5.74) is 0. The van der Waals surface area contributed by atoms with Gasteiger partial charge in [-0.15, -0.1) is 0 Å². The van der Waals surface area contributed by atoms with Crippen LogP contribution in [0.2, 0.25) is 10.0 Å². The maximum Gasteiger partial charge on any atom is 0.311 e. The molecule has 2 rings (SSSR count). The maximum absolute atomic E-state index is 13.6. The van der Waals surface area contributed by atoms with Gasteiger partial charge < -0.3 is 4.52 Å². The van der Waals surface area contributed by atoms with Gasteiger partial charge in [0.25, 0.3) is 0 Å². The van der Waals surface area contributed by atoms with E-state index in [1.807, 2.05) is 0 Å². The SMILES string of the molecule is CCCCCC(=O)OP(=O)(c1ccc(Cl)cc1)c1ccc(Cl)cc1. The fourth-order valence-corrected chi connectivity index (χ4v) is 4.46. The Kier molecular flexibility index (Phi) is 6.91. The maximum atomic E-state index is 13.6. The smallest absolute Gasteiger partial charge is 0.311 e. The molecule has 0 saturated heterocycles. The van der Waals surface area contributed by atoms with E-state index in [1.54, 1.807) is 48.5 Å². The third kappa shape index (κ3) is 4.86. The molecule has 0 fully saturated rings. The predicted molar refractivity (Wildman–Crippen MR) is 100 cm³/mol. The van der Waals surface area contributed by atoms with Gasteiger partial charge in [0.1, 0.15) is 0 Å². The summed E-state index contributed by atoms with van der Waals surface area (Å²) >= 11 is 11.8. The van der Waals surface area contributed by atoms with Crippen molar-refractivity contribution in [3.8, 4) is 0 Å². The first kappa shape index (κ1) is 19.1. The first-order valence-electron chi connectivity index (χ1n) is 7.80. The zero-order valence-electron chi connectivity index (χ0n) is 13.4. The van der Waals surface area contributed by atoms with E-state index in [2.05, 4.69) is 6.92 Å². The Morgan fingerprint density at radius 3 is 1.79 bits per heavy atom. The number of hydrogen-bond donors (Lipinski definition) is 0. The van der Waals surface area contributed by atoms with E-state index in [-0.39, 0.29) is 6.42 Å². The third-order valence-corrected chi connectivity index (χ3v) is 6.47. The number of carbonyl (C=O) groups is 1. The van der Waals surface area contributed by atoms with Crippen molar-refractivity contribution in [1.82, 2.24) is 0 Å². The highest BCUT2D eigenvalue weighted by Gasteiger charge is 2.32. The number of benzene rings is 2. The van der Waals surface area contributed by atoms with Crippen molar-refractivity contribution in [3.05, 3.63) is 58.6 Å². The van der Waals surface area contributed by atoms with Crippen LogP contribution >= 0.6 is 30.6 Å². The quantitative estimate of drug-likeness (QED) is 0.477. The van der Waals surface area contributed by atoms with Crippen LogP contribution in [0.15, 0.2) is 48.5 Å². The lowest BCUT2D eigenvalue weighted by molar-refractivity contribution is -0.134. The number of hydrogen-bond acceptors (Lipinski definition) is 3. The zero-order chi connectivity index (χ0) is 17.6. The van der Waals surface area contributed by atoms with E-state index in [0.29, 0.717) is 20.7 Å². The summed E-state index contributed by atoms with van der Waals surface area (Å²) < 4.78 is 19.0. The van der Waals surface area contributed by atoms with E-state index in [0.717, 1.165) is 19.3 Å². The van der Waals surface area contributed by atoms with Crippen molar-refractivity contribution in [1.29, 1.82) is 0 Å². The summed E-state index contributed by atoms with van der Waals surface area (Å²) in [5.74, 6) is -0.461. The summed E-state index contributed by atoms with van der Waals surface area (Å²) in [5, 5.41) is 1.91. The van der Waals surface area contributed by atoms with Crippen LogP contribution in [-0.4, -0.2) is 5.97 Å². The van der Waals surface area contributed by atoms with Crippen molar-refractivity contribution >= 4 is 47.1 Å². The standard InChI is InChI=1S/C18H19Cl2O3P/c1-2-3-4-5-18(21)23-24(22,16-10-6-14(19)7-11-16)17-12-8-15(20)9-13-17/h6-13H,2-5H2,1H3. The van der Waals surface area contributed by atoms with Gasteiger partial charge in [0.05, 0.1) is 10.6 Å². The Bertz CT molecular complexity index is 677. The second-order valence-electron chi connectivity index (χ2n) is 5.42. The molecule has 0 N–H and O–H groups in total. The monoisotopic (exact) mass is 384 g/mol. The van der Waals surface area contributed by atoms with Gasteiger partial charge in [-0.1, -0.05) is 43.0 Å². The van der Waals surface area contributed by atoms with E-state index in [9.17, 15) is 9.36 Å². The number of halogens is 2. The third-order valence-electron chi connectivity index (χ3n) is 3.55. The van der Waals surface area contributed by atoms with E-state index < -0.39 is 13.3 Å². The molecule has 0 amide bonds. The lowest BCUT2D eigenvalue weighted by Gasteiger charge is -2.19. The van der Waals surface area contributed by atoms with Gasteiger partial charge in [0.2, 0.25) is 0 Å². The van der Waals surface area contributed by atoms with Gasteiger partial charge in [-0.2, -0.15) is 0 Å². The average molecular weight is 385 g/mol. The fourth-order valence-electron chi connectivity index (χ4n) is 2.24. The van der Waals surface area contributed by atoms with Gasteiger partial charge in [0.15, 0.2) is 0 Å². The minimum atomic E-state index is -3.54. The molecule has 2 aromatic carbocycles. The van der Waals surface area contributed by atoms with Crippen LogP contribution in [0.3, 0.4) is 0 Å². The molecule has 0 spiro atoms. The molecule has 0 aliphatic heterocycles.